The van der Waals surface area contributed by atoms with Crippen LogP contribution in [0, 0.1) is 18.6 Å². The van der Waals surface area contributed by atoms with Crippen LogP contribution in [-0.2, 0) is 19.6 Å². The van der Waals surface area contributed by atoms with Crippen LogP contribution in [0.25, 0.3) is 0 Å². The second-order valence-corrected chi connectivity index (χ2v) is 5.29. The zero-order valence-electron chi connectivity index (χ0n) is 11.4. The van der Waals surface area contributed by atoms with Gasteiger partial charge < -0.3 is 5.32 Å². The van der Waals surface area contributed by atoms with Crippen molar-refractivity contribution in [3.05, 3.63) is 51.3 Å². The van der Waals surface area contributed by atoms with E-state index in [1.165, 1.54) is 6.07 Å². The Morgan fingerprint density at radius 3 is 2.75 bits per heavy atom. The van der Waals surface area contributed by atoms with Crippen LogP contribution in [-0.4, -0.2) is 9.78 Å². The van der Waals surface area contributed by atoms with Gasteiger partial charge in [-0.3, -0.25) is 4.68 Å². The molecule has 3 nitrogen and oxygen atoms in total. The van der Waals surface area contributed by atoms with Crippen LogP contribution < -0.4 is 5.32 Å². The Hall–Kier alpha value is -1.27. The maximum atomic E-state index is 13.5. The summed E-state index contributed by atoms with van der Waals surface area (Å²) in [5.74, 6) is -0.836. The molecule has 0 amide bonds. The first kappa shape index (κ1) is 15.1. The van der Waals surface area contributed by atoms with E-state index >= 15 is 0 Å². The van der Waals surface area contributed by atoms with Crippen LogP contribution in [0.1, 0.15) is 23.9 Å². The third-order valence-corrected chi connectivity index (χ3v) is 4.10. The molecule has 0 aliphatic rings. The molecular formula is C14H16BrF2N3. The van der Waals surface area contributed by atoms with Crippen molar-refractivity contribution in [2.24, 2.45) is 0 Å². The van der Waals surface area contributed by atoms with Gasteiger partial charge in [0.15, 0.2) is 0 Å². The predicted molar refractivity (Wildman–Crippen MR) is 77.2 cm³/mol. The van der Waals surface area contributed by atoms with Gasteiger partial charge in [-0.15, -0.1) is 0 Å². The lowest BCUT2D eigenvalue weighted by molar-refractivity contribution is 0.551. The van der Waals surface area contributed by atoms with Gasteiger partial charge in [-0.1, -0.05) is 0 Å². The third-order valence-electron chi connectivity index (χ3n) is 3.07. The molecule has 0 radical (unpaired) electrons. The van der Waals surface area contributed by atoms with Crippen molar-refractivity contribution >= 4 is 15.9 Å². The van der Waals surface area contributed by atoms with Crippen LogP contribution >= 0.6 is 15.9 Å². The molecule has 1 aromatic heterocycles. The minimum atomic E-state index is -0.432. The number of halogens is 3. The highest BCUT2D eigenvalue weighted by Gasteiger charge is 2.12. The number of rotatable bonds is 5. The van der Waals surface area contributed by atoms with Crippen molar-refractivity contribution < 1.29 is 8.78 Å². The molecule has 1 N–H and O–H groups in total. The number of nitrogens with one attached hydrogen (secondary N) is 1. The van der Waals surface area contributed by atoms with Crippen molar-refractivity contribution in [2.75, 3.05) is 0 Å². The summed E-state index contributed by atoms with van der Waals surface area (Å²) in [6, 6.07) is 3.47. The largest absolute Gasteiger partial charge is 0.307 e. The highest BCUT2D eigenvalue weighted by atomic mass is 79.9. The fourth-order valence-corrected chi connectivity index (χ4v) is 2.46. The molecule has 2 rings (SSSR count). The molecular weight excluding hydrogens is 328 g/mol. The molecule has 108 valence electrons. The van der Waals surface area contributed by atoms with E-state index in [9.17, 15) is 8.78 Å². The molecule has 0 spiro atoms. The molecule has 0 fully saturated rings. The molecule has 0 saturated heterocycles. The van der Waals surface area contributed by atoms with Crippen molar-refractivity contribution in [3.63, 3.8) is 0 Å². The molecule has 0 atom stereocenters. The summed E-state index contributed by atoms with van der Waals surface area (Å²) in [6.45, 7) is 5.49. The van der Waals surface area contributed by atoms with E-state index in [0.29, 0.717) is 12.1 Å². The van der Waals surface area contributed by atoms with E-state index in [1.54, 1.807) is 0 Å². The summed E-state index contributed by atoms with van der Waals surface area (Å²) in [5, 5.41) is 7.50. The fourth-order valence-electron chi connectivity index (χ4n) is 2.03. The topological polar surface area (TPSA) is 29.9 Å². The van der Waals surface area contributed by atoms with Gasteiger partial charge in [-0.05, 0) is 48.0 Å². The maximum absolute atomic E-state index is 13.5. The number of aryl methyl sites for hydroxylation is 2. The van der Waals surface area contributed by atoms with Crippen molar-refractivity contribution in [1.29, 1.82) is 0 Å². The first-order chi connectivity index (χ1) is 9.52. The Balaban J connectivity index is 2.04. The second-order valence-electron chi connectivity index (χ2n) is 4.50. The van der Waals surface area contributed by atoms with Gasteiger partial charge in [0.05, 0.1) is 15.9 Å². The molecule has 0 aliphatic carbocycles. The average Bonchev–Trinajstić information content (AvgIpc) is 2.70. The standard InChI is InChI=1S/C14H16BrF2N3/c1-3-20-13(14(15)9(2)19-20)8-18-7-10-6-11(16)4-5-12(10)17/h4-6,18H,3,7-8H2,1-2H3. The molecule has 0 saturated carbocycles. The van der Waals surface area contributed by atoms with E-state index in [-0.39, 0.29) is 6.54 Å². The number of benzene rings is 1. The second kappa shape index (κ2) is 6.45. The molecule has 1 heterocycles. The van der Waals surface area contributed by atoms with E-state index in [4.69, 9.17) is 0 Å². The van der Waals surface area contributed by atoms with Gasteiger partial charge in [0, 0.05) is 25.2 Å². The Kier molecular flexibility index (Phi) is 4.88. The van der Waals surface area contributed by atoms with E-state index in [0.717, 1.165) is 34.5 Å². The number of hydrogen-bond donors (Lipinski definition) is 1. The first-order valence-electron chi connectivity index (χ1n) is 6.39. The summed E-state index contributed by atoms with van der Waals surface area (Å²) < 4.78 is 29.4. The maximum Gasteiger partial charge on any atom is 0.127 e. The third kappa shape index (κ3) is 3.24. The number of hydrogen-bond acceptors (Lipinski definition) is 2. The van der Waals surface area contributed by atoms with Gasteiger partial charge in [0.25, 0.3) is 0 Å². The lowest BCUT2D eigenvalue weighted by Gasteiger charge is -2.08. The monoisotopic (exact) mass is 343 g/mol. The lowest BCUT2D eigenvalue weighted by atomic mass is 10.2. The van der Waals surface area contributed by atoms with Gasteiger partial charge in [-0.2, -0.15) is 5.10 Å². The fraction of sp³-hybridized carbons (Fsp3) is 0.357. The molecule has 0 aliphatic heterocycles. The zero-order valence-corrected chi connectivity index (χ0v) is 13.0. The van der Waals surface area contributed by atoms with Crippen molar-refractivity contribution in [1.82, 2.24) is 15.1 Å². The summed E-state index contributed by atoms with van der Waals surface area (Å²) in [4.78, 5) is 0. The van der Waals surface area contributed by atoms with Crippen LogP contribution in [0.3, 0.4) is 0 Å². The minimum absolute atomic E-state index is 0.268. The highest BCUT2D eigenvalue weighted by molar-refractivity contribution is 9.10. The van der Waals surface area contributed by atoms with Crippen LogP contribution in [0.15, 0.2) is 22.7 Å². The molecule has 0 bridgehead atoms. The molecule has 2 aromatic rings. The van der Waals surface area contributed by atoms with Gasteiger partial charge in [-0.25, -0.2) is 8.78 Å². The van der Waals surface area contributed by atoms with Crippen LogP contribution in [0.2, 0.25) is 0 Å². The Labute approximate surface area is 125 Å². The summed E-state index contributed by atoms with van der Waals surface area (Å²) in [5.41, 5.74) is 2.24. The zero-order chi connectivity index (χ0) is 14.7. The van der Waals surface area contributed by atoms with Gasteiger partial charge in [0.2, 0.25) is 0 Å². The Bertz CT molecular complexity index is 611. The average molecular weight is 344 g/mol. The Morgan fingerprint density at radius 1 is 1.30 bits per heavy atom. The van der Waals surface area contributed by atoms with E-state index in [2.05, 4.69) is 26.3 Å². The molecule has 20 heavy (non-hydrogen) atoms. The quantitative estimate of drug-likeness (QED) is 0.899. The SMILES string of the molecule is CCn1nc(C)c(Br)c1CNCc1cc(F)ccc1F. The summed E-state index contributed by atoms with van der Waals surface area (Å²) in [7, 11) is 0. The Morgan fingerprint density at radius 2 is 2.05 bits per heavy atom. The smallest absolute Gasteiger partial charge is 0.127 e. The van der Waals surface area contributed by atoms with E-state index < -0.39 is 11.6 Å². The molecule has 0 unspecified atom stereocenters. The van der Waals surface area contributed by atoms with Crippen LogP contribution in [0.4, 0.5) is 8.78 Å². The van der Waals surface area contributed by atoms with Gasteiger partial charge in [0.1, 0.15) is 11.6 Å². The number of aromatic nitrogens is 2. The van der Waals surface area contributed by atoms with Crippen molar-refractivity contribution in [2.45, 2.75) is 33.5 Å². The van der Waals surface area contributed by atoms with Crippen molar-refractivity contribution in [3.8, 4) is 0 Å². The van der Waals surface area contributed by atoms with Crippen LogP contribution in [0.5, 0.6) is 0 Å². The lowest BCUT2D eigenvalue weighted by Crippen LogP contribution is -2.17. The normalized spacial score (nSPS) is 11.1. The number of nitrogens with zero attached hydrogens (tertiary/aromatic N) is 2. The van der Waals surface area contributed by atoms with E-state index in [1.807, 2.05) is 18.5 Å². The minimum Gasteiger partial charge on any atom is -0.307 e. The van der Waals surface area contributed by atoms with Gasteiger partial charge >= 0.3 is 0 Å². The predicted octanol–water partition coefficient (Wildman–Crippen LogP) is 3.54. The highest BCUT2D eigenvalue weighted by Crippen LogP contribution is 2.21. The molecule has 6 heteroatoms. The molecule has 1 aromatic carbocycles. The first-order valence-corrected chi connectivity index (χ1v) is 7.18. The summed E-state index contributed by atoms with van der Waals surface area (Å²) in [6.07, 6.45) is 0. The summed E-state index contributed by atoms with van der Waals surface area (Å²) >= 11 is 3.50.